The van der Waals surface area contributed by atoms with Gasteiger partial charge in [0, 0.05) is 43.0 Å². The molecule has 0 fully saturated rings. The van der Waals surface area contributed by atoms with Crippen LogP contribution in [-0.2, 0) is 0 Å². The molecule has 10 aromatic rings. The monoisotopic (exact) mass is 627 g/mol. The maximum atomic E-state index is 7.81. The van der Waals surface area contributed by atoms with Gasteiger partial charge in [0.1, 0.15) is 0 Å². The molecule has 0 aliphatic carbocycles. The maximum absolute atomic E-state index is 7.81. The van der Waals surface area contributed by atoms with Crippen LogP contribution in [0.5, 0.6) is 0 Å². The van der Waals surface area contributed by atoms with E-state index in [2.05, 4.69) is 137 Å². The summed E-state index contributed by atoms with van der Waals surface area (Å²) in [7, 11) is 0. The highest BCUT2D eigenvalue weighted by molar-refractivity contribution is 7.25. The highest BCUT2D eigenvalue weighted by Gasteiger charge is 2.20. The molecule has 3 heterocycles. The zero-order valence-electron chi connectivity index (χ0n) is 25.7. The van der Waals surface area contributed by atoms with Crippen molar-refractivity contribution in [2.75, 3.05) is 0 Å². The van der Waals surface area contributed by atoms with Gasteiger partial charge in [-0.2, -0.15) is 0 Å². The van der Waals surface area contributed by atoms with Crippen molar-refractivity contribution in [3.05, 3.63) is 163 Å². The van der Waals surface area contributed by atoms with E-state index in [4.69, 9.17) is 11.6 Å². The lowest BCUT2D eigenvalue weighted by atomic mass is 9.87. The van der Waals surface area contributed by atoms with E-state index < -0.39 is 0 Å². The number of fused-ring (bicyclic) bond motifs is 8. The molecule has 0 amide bonds. The maximum Gasteiger partial charge on any atom is 0.188 e. The third-order valence-electron chi connectivity index (χ3n) is 9.64. The smallest absolute Gasteiger partial charge is 0.188 e. The van der Waals surface area contributed by atoms with Crippen LogP contribution in [0.15, 0.2) is 152 Å². The van der Waals surface area contributed by atoms with E-state index in [1.807, 2.05) is 35.7 Å². The second-order valence-corrected chi connectivity index (χ2v) is 13.3. The highest BCUT2D eigenvalue weighted by atomic mass is 32.1. The summed E-state index contributed by atoms with van der Waals surface area (Å²) in [5.74, 6) is 0. The van der Waals surface area contributed by atoms with Crippen LogP contribution in [0, 0.1) is 6.57 Å². The molecule has 7 aromatic carbocycles. The predicted molar refractivity (Wildman–Crippen MR) is 204 cm³/mol. The Morgan fingerprint density at radius 2 is 1.12 bits per heavy atom. The van der Waals surface area contributed by atoms with E-state index in [0.717, 1.165) is 44.3 Å². The normalized spacial score (nSPS) is 11.7. The van der Waals surface area contributed by atoms with Crippen LogP contribution in [0.3, 0.4) is 0 Å². The number of hydrogen-bond acceptors (Lipinski definition) is 2. The van der Waals surface area contributed by atoms with E-state index in [-0.39, 0.29) is 0 Å². The average molecular weight is 628 g/mol. The minimum absolute atomic E-state index is 0.641. The van der Waals surface area contributed by atoms with Crippen molar-refractivity contribution in [1.82, 2.24) is 9.55 Å². The summed E-state index contributed by atoms with van der Waals surface area (Å²) in [6.07, 6.45) is 1.87. The van der Waals surface area contributed by atoms with E-state index in [1.165, 1.54) is 47.3 Å². The summed E-state index contributed by atoms with van der Waals surface area (Å²) >= 11 is 1.83. The summed E-state index contributed by atoms with van der Waals surface area (Å²) < 4.78 is 4.94. The predicted octanol–water partition coefficient (Wildman–Crippen LogP) is 12.7. The van der Waals surface area contributed by atoms with Gasteiger partial charge in [-0.25, -0.2) is 4.85 Å². The molecule has 4 heteroatoms. The molecule has 0 saturated heterocycles. The Morgan fingerprint density at radius 3 is 1.83 bits per heavy atom. The average Bonchev–Trinajstić information content (AvgIpc) is 3.68. The van der Waals surface area contributed by atoms with Gasteiger partial charge in [-0.15, -0.1) is 11.3 Å². The molecule has 0 atom stereocenters. The molecule has 3 aromatic heterocycles. The first-order valence-corrected chi connectivity index (χ1v) is 16.8. The molecule has 0 unspecified atom stereocenters. The molecule has 0 N–H and O–H groups in total. The van der Waals surface area contributed by atoms with Crippen LogP contribution in [-0.4, -0.2) is 9.55 Å². The third kappa shape index (κ3) is 3.89. The minimum atomic E-state index is 0.641. The van der Waals surface area contributed by atoms with Crippen molar-refractivity contribution < 1.29 is 0 Å². The van der Waals surface area contributed by atoms with E-state index in [0.29, 0.717) is 5.69 Å². The number of aromatic nitrogens is 2. The number of nitrogens with zero attached hydrogens (tertiary/aromatic N) is 3. The second kappa shape index (κ2) is 10.4. The van der Waals surface area contributed by atoms with Gasteiger partial charge in [-0.3, -0.25) is 4.98 Å². The highest BCUT2D eigenvalue weighted by Crippen LogP contribution is 2.45. The summed E-state index contributed by atoms with van der Waals surface area (Å²) in [5, 5.41) is 9.50. The largest absolute Gasteiger partial charge is 0.309 e. The Morgan fingerprint density at radius 1 is 0.500 bits per heavy atom. The van der Waals surface area contributed by atoms with Crippen molar-refractivity contribution >= 4 is 80.5 Å². The quantitative estimate of drug-likeness (QED) is 0.141. The number of benzene rings is 7. The Hall–Kier alpha value is -6.28. The number of hydrogen-bond donors (Lipinski definition) is 0. The molecule has 48 heavy (non-hydrogen) atoms. The minimum Gasteiger partial charge on any atom is -0.309 e. The van der Waals surface area contributed by atoms with Crippen LogP contribution in [0.2, 0.25) is 0 Å². The Balaban J connectivity index is 1.28. The fourth-order valence-corrected chi connectivity index (χ4v) is 8.68. The molecular formula is C44H25N3S. The van der Waals surface area contributed by atoms with Crippen LogP contribution >= 0.6 is 11.3 Å². The van der Waals surface area contributed by atoms with Gasteiger partial charge >= 0.3 is 0 Å². The number of pyridine rings is 1. The van der Waals surface area contributed by atoms with E-state index >= 15 is 0 Å². The molecule has 222 valence electrons. The summed E-state index contributed by atoms with van der Waals surface area (Å²) in [6, 6.07) is 51.8. The lowest BCUT2D eigenvalue weighted by molar-refractivity contribution is 1.19. The lowest BCUT2D eigenvalue weighted by Gasteiger charge is -2.17. The summed E-state index contributed by atoms with van der Waals surface area (Å²) in [5.41, 5.74) is 8.44. The first kappa shape index (κ1) is 26.9. The van der Waals surface area contributed by atoms with Gasteiger partial charge in [0.25, 0.3) is 0 Å². The molecule has 0 radical (unpaired) electrons. The summed E-state index contributed by atoms with van der Waals surface area (Å²) in [4.78, 5) is 8.60. The number of thiophene rings is 1. The Labute approximate surface area is 280 Å². The fraction of sp³-hybridized carbons (Fsp3) is 0. The Kier molecular flexibility index (Phi) is 5.81. The van der Waals surface area contributed by atoms with Crippen LogP contribution in [0.1, 0.15) is 0 Å². The van der Waals surface area contributed by atoms with E-state index in [9.17, 15) is 0 Å². The second-order valence-electron chi connectivity index (χ2n) is 12.2. The lowest BCUT2D eigenvalue weighted by Crippen LogP contribution is -1.94. The zero-order valence-corrected chi connectivity index (χ0v) is 26.5. The van der Waals surface area contributed by atoms with Gasteiger partial charge in [-0.1, -0.05) is 84.9 Å². The van der Waals surface area contributed by atoms with Gasteiger partial charge in [0.2, 0.25) is 0 Å². The van der Waals surface area contributed by atoms with Crippen molar-refractivity contribution in [3.8, 4) is 28.1 Å². The van der Waals surface area contributed by atoms with Crippen molar-refractivity contribution in [2.45, 2.75) is 0 Å². The molecule has 0 aliphatic rings. The van der Waals surface area contributed by atoms with Gasteiger partial charge in [-0.05, 0) is 98.7 Å². The van der Waals surface area contributed by atoms with Crippen LogP contribution in [0.4, 0.5) is 5.69 Å². The van der Waals surface area contributed by atoms with Crippen LogP contribution < -0.4 is 0 Å². The standard InChI is InChI=1S/C44H25N3S/c1-45-28-18-21-40-36(25-28)35-24-27(17-20-39(35)47(40)29-19-22-42-37(26-29)30-10-6-7-16-41(30)48-42)43-31-11-2-4-13-33(31)44(38-15-8-9-23-46-38)34-14-5-3-12-32(34)43/h2-26H. The van der Waals surface area contributed by atoms with E-state index in [1.54, 1.807) is 0 Å². The molecule has 0 bridgehead atoms. The van der Waals surface area contributed by atoms with Gasteiger partial charge < -0.3 is 4.57 Å². The molecular weight excluding hydrogens is 603 g/mol. The first-order valence-electron chi connectivity index (χ1n) is 16.0. The molecule has 3 nitrogen and oxygen atoms in total. The van der Waals surface area contributed by atoms with Crippen molar-refractivity contribution in [3.63, 3.8) is 0 Å². The zero-order chi connectivity index (χ0) is 31.8. The van der Waals surface area contributed by atoms with Crippen molar-refractivity contribution in [1.29, 1.82) is 0 Å². The Bertz CT molecular complexity index is 2900. The van der Waals surface area contributed by atoms with Gasteiger partial charge in [0.15, 0.2) is 5.69 Å². The SMILES string of the molecule is [C-]#[N+]c1ccc2c(c1)c1cc(-c3c4ccccc4c(-c4ccccn4)c4ccccc34)ccc1n2-c1ccc2sc3ccccc3c2c1. The first-order chi connectivity index (χ1) is 23.8. The van der Waals surface area contributed by atoms with Crippen LogP contribution in [0.25, 0.3) is 96.4 Å². The fourth-order valence-electron chi connectivity index (χ4n) is 7.59. The van der Waals surface area contributed by atoms with Crippen molar-refractivity contribution in [2.24, 2.45) is 0 Å². The third-order valence-corrected chi connectivity index (χ3v) is 10.8. The topological polar surface area (TPSA) is 22.2 Å². The molecule has 0 saturated carbocycles. The van der Waals surface area contributed by atoms with Gasteiger partial charge in [0.05, 0.1) is 23.3 Å². The molecule has 0 aliphatic heterocycles. The molecule has 10 rings (SSSR count). The number of rotatable bonds is 3. The summed E-state index contributed by atoms with van der Waals surface area (Å²) in [6.45, 7) is 7.81. The molecule has 0 spiro atoms.